The van der Waals surface area contributed by atoms with E-state index in [0.29, 0.717) is 16.7 Å². The number of benzene rings is 1. The van der Waals surface area contributed by atoms with E-state index < -0.39 is 0 Å². The van der Waals surface area contributed by atoms with Crippen LogP contribution < -0.4 is 5.46 Å². The fourth-order valence-corrected chi connectivity index (χ4v) is 6.20. The quantitative estimate of drug-likeness (QED) is 0.665. The summed E-state index contributed by atoms with van der Waals surface area (Å²) in [5.74, 6) is 1.36. The molecule has 0 N–H and O–H groups in total. The summed E-state index contributed by atoms with van der Waals surface area (Å²) in [6, 6.07) is 8.94. The maximum atomic E-state index is 6.91. The summed E-state index contributed by atoms with van der Waals surface area (Å²) in [6.45, 7) is 18.8. The smallest absolute Gasteiger partial charge is 0.401 e. The van der Waals surface area contributed by atoms with Crippen molar-refractivity contribution in [3.8, 4) is 0 Å². The van der Waals surface area contributed by atoms with E-state index >= 15 is 0 Å². The first-order chi connectivity index (χ1) is 12.3. The van der Waals surface area contributed by atoms with E-state index in [1.807, 2.05) is 0 Å². The van der Waals surface area contributed by atoms with Crippen LogP contribution in [-0.2, 0) is 15.7 Å². The van der Waals surface area contributed by atoms with Crippen LogP contribution in [0.4, 0.5) is 0 Å². The summed E-state index contributed by atoms with van der Waals surface area (Å²) in [6.07, 6.45) is 3.74. The minimum absolute atomic E-state index is 0.0614. The molecule has 0 unspecified atom stereocenters. The average Bonchev–Trinajstić information content (AvgIpc) is 2.94. The SMILES string of the molecule is CC(C)(C)Cc1ccc(B2O[C@H]3C[C@H]4C[C@H](C4(C)C)[C@@]3(C(C)(C)C)O2)cc1. The first-order valence-electron chi connectivity index (χ1n) is 10.8. The van der Waals surface area contributed by atoms with E-state index in [4.69, 9.17) is 9.31 Å². The van der Waals surface area contributed by atoms with Crippen molar-refractivity contribution in [1.82, 2.24) is 0 Å². The van der Waals surface area contributed by atoms with Gasteiger partial charge >= 0.3 is 7.12 Å². The molecule has 4 fully saturated rings. The molecule has 3 heteroatoms. The van der Waals surface area contributed by atoms with Gasteiger partial charge in [0.05, 0.1) is 11.7 Å². The summed E-state index contributed by atoms with van der Waals surface area (Å²) in [7, 11) is -0.229. The minimum Gasteiger partial charge on any atom is -0.401 e. The van der Waals surface area contributed by atoms with Crippen LogP contribution in [0.25, 0.3) is 0 Å². The molecule has 1 aromatic rings. The van der Waals surface area contributed by atoms with Crippen molar-refractivity contribution in [1.29, 1.82) is 0 Å². The van der Waals surface area contributed by atoms with Gasteiger partial charge in [-0.05, 0) is 58.4 Å². The van der Waals surface area contributed by atoms with Crippen LogP contribution in [0, 0.1) is 28.1 Å². The third-order valence-electron chi connectivity index (χ3n) is 7.71. The van der Waals surface area contributed by atoms with Crippen molar-refractivity contribution >= 4 is 12.6 Å². The molecule has 0 amide bonds. The van der Waals surface area contributed by atoms with E-state index in [1.54, 1.807) is 0 Å². The van der Waals surface area contributed by atoms with Gasteiger partial charge in [0.15, 0.2) is 0 Å². The molecule has 4 atom stereocenters. The molecule has 3 saturated carbocycles. The zero-order valence-electron chi connectivity index (χ0n) is 18.6. The van der Waals surface area contributed by atoms with E-state index in [1.165, 1.54) is 17.4 Å². The largest absolute Gasteiger partial charge is 0.494 e. The van der Waals surface area contributed by atoms with Gasteiger partial charge in [-0.3, -0.25) is 0 Å². The van der Waals surface area contributed by atoms with Gasteiger partial charge < -0.3 is 9.31 Å². The Morgan fingerprint density at radius 2 is 1.63 bits per heavy atom. The Balaban J connectivity index is 1.61. The fraction of sp³-hybridized carbons (Fsp3) is 0.750. The zero-order valence-corrected chi connectivity index (χ0v) is 18.6. The standard InChI is InChI=1S/C24H37BO2/c1-21(2,3)15-16-9-11-18(12-10-16)25-26-20-14-17-13-19(23(17,7)8)24(20,27-25)22(4,5)6/h9-12,17,19-20H,13-15H2,1-8H3/t17-,19-,20+,24-/m1/s1. The van der Waals surface area contributed by atoms with Crippen molar-refractivity contribution in [2.75, 3.05) is 0 Å². The summed E-state index contributed by atoms with van der Waals surface area (Å²) < 4.78 is 13.5. The Morgan fingerprint density at radius 3 is 2.15 bits per heavy atom. The van der Waals surface area contributed by atoms with E-state index in [-0.39, 0.29) is 24.2 Å². The lowest BCUT2D eigenvalue weighted by atomic mass is 9.40. The molecule has 2 nitrogen and oxygen atoms in total. The van der Waals surface area contributed by atoms with Gasteiger partial charge in [0.2, 0.25) is 0 Å². The molecule has 2 bridgehead atoms. The molecule has 148 valence electrons. The number of rotatable bonds is 2. The summed E-state index contributed by atoms with van der Waals surface area (Å²) in [5.41, 5.74) is 3.10. The van der Waals surface area contributed by atoms with Gasteiger partial charge in [-0.1, -0.05) is 79.7 Å². The zero-order chi connectivity index (χ0) is 19.8. The van der Waals surface area contributed by atoms with Gasteiger partial charge in [0, 0.05) is 0 Å². The Labute approximate surface area is 166 Å². The van der Waals surface area contributed by atoms with Crippen LogP contribution in [0.2, 0.25) is 0 Å². The second kappa shape index (κ2) is 5.86. The van der Waals surface area contributed by atoms with Crippen molar-refractivity contribution in [3.05, 3.63) is 29.8 Å². The molecule has 1 aliphatic heterocycles. The van der Waals surface area contributed by atoms with Gasteiger partial charge in [-0.2, -0.15) is 0 Å². The molecule has 1 heterocycles. The summed E-state index contributed by atoms with van der Waals surface area (Å²) >= 11 is 0. The highest BCUT2D eigenvalue weighted by Crippen LogP contribution is 2.69. The Hall–Kier alpha value is -0.795. The molecule has 0 spiro atoms. The van der Waals surface area contributed by atoms with Crippen molar-refractivity contribution in [2.24, 2.45) is 28.1 Å². The lowest BCUT2D eigenvalue weighted by Gasteiger charge is -2.68. The third-order valence-corrected chi connectivity index (χ3v) is 7.71. The number of hydrogen-bond donors (Lipinski definition) is 0. The number of hydrogen-bond acceptors (Lipinski definition) is 2. The van der Waals surface area contributed by atoms with Crippen LogP contribution in [0.5, 0.6) is 0 Å². The molecule has 27 heavy (non-hydrogen) atoms. The molecule has 1 aromatic carbocycles. The Bertz CT molecular complexity index is 709. The topological polar surface area (TPSA) is 18.5 Å². The molecule has 0 aromatic heterocycles. The fourth-order valence-electron chi connectivity index (χ4n) is 6.20. The predicted molar refractivity (Wildman–Crippen MR) is 113 cm³/mol. The maximum absolute atomic E-state index is 6.91. The molecule has 4 aliphatic rings. The van der Waals surface area contributed by atoms with Gasteiger partial charge in [-0.25, -0.2) is 0 Å². The van der Waals surface area contributed by atoms with Gasteiger partial charge in [-0.15, -0.1) is 0 Å². The van der Waals surface area contributed by atoms with E-state index in [0.717, 1.165) is 18.8 Å². The van der Waals surface area contributed by atoms with E-state index in [9.17, 15) is 0 Å². The monoisotopic (exact) mass is 368 g/mol. The van der Waals surface area contributed by atoms with Crippen molar-refractivity contribution < 1.29 is 9.31 Å². The van der Waals surface area contributed by atoms with Crippen LogP contribution in [0.15, 0.2) is 24.3 Å². The molecule has 1 saturated heterocycles. The molecule has 3 aliphatic carbocycles. The average molecular weight is 368 g/mol. The highest BCUT2D eigenvalue weighted by Gasteiger charge is 2.73. The van der Waals surface area contributed by atoms with Crippen LogP contribution in [0.3, 0.4) is 0 Å². The lowest BCUT2D eigenvalue weighted by Crippen LogP contribution is -2.71. The first kappa shape index (κ1) is 19.5. The van der Waals surface area contributed by atoms with Gasteiger partial charge in [0.1, 0.15) is 0 Å². The summed E-state index contributed by atoms with van der Waals surface area (Å²) in [5, 5.41) is 0. The minimum atomic E-state index is -0.229. The van der Waals surface area contributed by atoms with Crippen LogP contribution >= 0.6 is 0 Å². The van der Waals surface area contributed by atoms with Crippen molar-refractivity contribution in [2.45, 2.75) is 86.4 Å². The Morgan fingerprint density at radius 1 is 1.00 bits per heavy atom. The lowest BCUT2D eigenvalue weighted by molar-refractivity contribution is -0.245. The first-order valence-corrected chi connectivity index (χ1v) is 10.8. The second-order valence-corrected chi connectivity index (χ2v) is 12.1. The molecular formula is C24H37BO2. The molecule has 5 rings (SSSR count). The predicted octanol–water partition coefficient (Wildman–Crippen LogP) is 5.24. The normalized spacial score (nSPS) is 35.0. The van der Waals surface area contributed by atoms with E-state index in [2.05, 4.69) is 79.7 Å². The Kier molecular flexibility index (Phi) is 4.24. The van der Waals surface area contributed by atoms with Crippen LogP contribution in [0.1, 0.15) is 73.8 Å². The van der Waals surface area contributed by atoms with Crippen molar-refractivity contribution in [3.63, 3.8) is 0 Å². The van der Waals surface area contributed by atoms with Crippen LogP contribution in [-0.4, -0.2) is 18.8 Å². The highest BCUT2D eigenvalue weighted by molar-refractivity contribution is 6.62. The maximum Gasteiger partial charge on any atom is 0.494 e. The molecule has 0 radical (unpaired) electrons. The van der Waals surface area contributed by atoms with Gasteiger partial charge in [0.25, 0.3) is 0 Å². The second-order valence-electron chi connectivity index (χ2n) is 12.1. The third kappa shape index (κ3) is 2.92. The summed E-state index contributed by atoms with van der Waals surface area (Å²) in [4.78, 5) is 0. The highest BCUT2D eigenvalue weighted by atomic mass is 16.7. The molecular weight excluding hydrogens is 331 g/mol.